The molecule has 0 saturated heterocycles. The number of hydrogen-bond donors (Lipinski definition) is 1. The Bertz CT molecular complexity index is 772. The van der Waals surface area contributed by atoms with Crippen molar-refractivity contribution in [1.29, 1.82) is 0 Å². The van der Waals surface area contributed by atoms with Crippen LogP contribution in [0.4, 0.5) is 5.69 Å². The van der Waals surface area contributed by atoms with E-state index in [2.05, 4.69) is 15.9 Å². The smallest absolute Gasteiger partial charge is 0.184 e. The Morgan fingerprint density at radius 1 is 1.24 bits per heavy atom. The molecular formula is C15H16BrNO3S. The van der Waals surface area contributed by atoms with Crippen molar-refractivity contribution in [1.82, 2.24) is 0 Å². The van der Waals surface area contributed by atoms with Gasteiger partial charge in [-0.25, -0.2) is 8.42 Å². The lowest BCUT2D eigenvalue weighted by Gasteiger charge is -2.11. The Labute approximate surface area is 133 Å². The number of hydrogen-bond acceptors (Lipinski definition) is 4. The summed E-state index contributed by atoms with van der Waals surface area (Å²) in [4.78, 5) is 0.164. The van der Waals surface area contributed by atoms with Crippen molar-refractivity contribution in [3.05, 3.63) is 52.0 Å². The van der Waals surface area contributed by atoms with Crippen molar-refractivity contribution in [2.24, 2.45) is 0 Å². The average molecular weight is 370 g/mol. The van der Waals surface area contributed by atoms with Crippen LogP contribution in [0, 0.1) is 6.92 Å². The maximum absolute atomic E-state index is 12.6. The molecular weight excluding hydrogens is 354 g/mol. The summed E-state index contributed by atoms with van der Waals surface area (Å²) in [7, 11) is -1.98. The molecule has 0 amide bonds. The lowest BCUT2D eigenvalue weighted by Crippen LogP contribution is -2.09. The molecule has 0 saturated carbocycles. The molecule has 0 heterocycles. The SMILES string of the molecule is COc1ccc(Br)c(CS(=O)(=O)c2cccc(C)c2N)c1. The van der Waals surface area contributed by atoms with Gasteiger partial charge in [-0.15, -0.1) is 0 Å². The van der Waals surface area contributed by atoms with Crippen LogP contribution in [0.25, 0.3) is 0 Å². The minimum atomic E-state index is -3.52. The predicted octanol–water partition coefficient (Wildman–Crippen LogP) is 3.32. The number of para-hydroxylation sites is 1. The first-order valence-corrected chi connectivity index (χ1v) is 8.70. The van der Waals surface area contributed by atoms with Gasteiger partial charge in [0.05, 0.1) is 23.4 Å². The van der Waals surface area contributed by atoms with Crippen LogP contribution >= 0.6 is 15.9 Å². The number of nitrogens with two attached hydrogens (primary N) is 1. The summed E-state index contributed by atoms with van der Waals surface area (Å²) in [6.07, 6.45) is 0. The third-order valence-electron chi connectivity index (χ3n) is 3.22. The van der Waals surface area contributed by atoms with E-state index in [-0.39, 0.29) is 10.6 Å². The first-order chi connectivity index (χ1) is 9.85. The molecule has 0 bridgehead atoms. The normalized spacial score (nSPS) is 11.4. The number of sulfone groups is 1. The molecule has 0 aliphatic heterocycles. The Morgan fingerprint density at radius 2 is 1.95 bits per heavy atom. The summed E-state index contributed by atoms with van der Waals surface area (Å²) < 4.78 is 31.0. The topological polar surface area (TPSA) is 69.4 Å². The summed E-state index contributed by atoms with van der Waals surface area (Å²) in [6.45, 7) is 1.79. The minimum Gasteiger partial charge on any atom is -0.497 e. The second-order valence-electron chi connectivity index (χ2n) is 4.70. The van der Waals surface area contributed by atoms with Crippen molar-refractivity contribution < 1.29 is 13.2 Å². The molecule has 0 radical (unpaired) electrons. The molecule has 0 fully saturated rings. The van der Waals surface area contributed by atoms with Crippen LogP contribution in [0.2, 0.25) is 0 Å². The molecule has 0 aliphatic carbocycles. The first kappa shape index (κ1) is 15.9. The molecule has 0 atom stereocenters. The Morgan fingerprint density at radius 3 is 2.62 bits per heavy atom. The van der Waals surface area contributed by atoms with E-state index in [4.69, 9.17) is 10.5 Å². The van der Waals surface area contributed by atoms with Gasteiger partial charge in [-0.3, -0.25) is 0 Å². The highest BCUT2D eigenvalue weighted by atomic mass is 79.9. The Hall–Kier alpha value is -1.53. The van der Waals surface area contributed by atoms with Gasteiger partial charge in [-0.1, -0.05) is 28.1 Å². The van der Waals surface area contributed by atoms with Crippen LogP contribution in [0.5, 0.6) is 5.75 Å². The second-order valence-corrected chi connectivity index (χ2v) is 7.52. The number of benzene rings is 2. The number of rotatable bonds is 4. The van der Waals surface area contributed by atoms with Crippen LogP contribution in [-0.4, -0.2) is 15.5 Å². The average Bonchev–Trinajstić information content (AvgIpc) is 2.44. The van der Waals surface area contributed by atoms with Gasteiger partial charge in [0.2, 0.25) is 0 Å². The highest BCUT2D eigenvalue weighted by molar-refractivity contribution is 9.10. The van der Waals surface area contributed by atoms with E-state index in [1.807, 2.05) is 0 Å². The lowest BCUT2D eigenvalue weighted by atomic mass is 10.2. The van der Waals surface area contributed by atoms with Crippen LogP contribution in [0.3, 0.4) is 0 Å². The minimum absolute atomic E-state index is 0.140. The number of aryl methyl sites for hydroxylation is 1. The van der Waals surface area contributed by atoms with Crippen molar-refractivity contribution in [3.63, 3.8) is 0 Å². The number of methoxy groups -OCH3 is 1. The van der Waals surface area contributed by atoms with Gasteiger partial charge in [0, 0.05) is 4.47 Å². The Balaban J connectivity index is 2.45. The highest BCUT2D eigenvalue weighted by Crippen LogP contribution is 2.29. The predicted molar refractivity (Wildman–Crippen MR) is 87.2 cm³/mol. The molecule has 6 heteroatoms. The summed E-state index contributed by atoms with van der Waals surface area (Å²) in [6, 6.07) is 10.2. The van der Waals surface area contributed by atoms with Crippen LogP contribution in [0.15, 0.2) is 45.8 Å². The van der Waals surface area contributed by atoms with Crippen LogP contribution in [0.1, 0.15) is 11.1 Å². The van der Waals surface area contributed by atoms with Crippen LogP contribution < -0.4 is 10.5 Å². The molecule has 2 rings (SSSR count). The quantitative estimate of drug-likeness (QED) is 0.839. The molecule has 4 nitrogen and oxygen atoms in total. The summed E-state index contributed by atoms with van der Waals surface area (Å²) in [5.41, 5.74) is 7.59. The standard InChI is InChI=1S/C15H16BrNO3S/c1-10-4-3-5-14(15(10)17)21(18,19)9-11-8-12(20-2)6-7-13(11)16/h3-8H,9,17H2,1-2H3. The molecule has 0 unspecified atom stereocenters. The van der Waals surface area contributed by atoms with Gasteiger partial charge >= 0.3 is 0 Å². The molecule has 2 aromatic rings. The van der Waals surface area contributed by atoms with Crippen molar-refractivity contribution in [3.8, 4) is 5.75 Å². The zero-order valence-electron chi connectivity index (χ0n) is 11.8. The zero-order valence-corrected chi connectivity index (χ0v) is 14.2. The van der Waals surface area contributed by atoms with Gasteiger partial charge < -0.3 is 10.5 Å². The van der Waals surface area contributed by atoms with E-state index in [0.717, 1.165) is 10.0 Å². The van der Waals surface area contributed by atoms with Gasteiger partial charge in [-0.05, 0) is 42.3 Å². The molecule has 21 heavy (non-hydrogen) atoms. The van der Waals surface area contributed by atoms with E-state index in [1.54, 1.807) is 44.4 Å². The number of nitrogen functional groups attached to an aromatic ring is 1. The lowest BCUT2D eigenvalue weighted by molar-refractivity contribution is 0.414. The van der Waals surface area contributed by atoms with Gasteiger partial charge in [-0.2, -0.15) is 0 Å². The highest BCUT2D eigenvalue weighted by Gasteiger charge is 2.20. The molecule has 0 spiro atoms. The molecule has 2 aromatic carbocycles. The summed E-state index contributed by atoms with van der Waals surface area (Å²) in [5.74, 6) is 0.471. The van der Waals surface area contributed by atoms with Crippen LogP contribution in [-0.2, 0) is 15.6 Å². The van der Waals surface area contributed by atoms with Gasteiger partial charge in [0.25, 0.3) is 0 Å². The molecule has 0 aliphatic rings. The van der Waals surface area contributed by atoms with E-state index in [0.29, 0.717) is 17.0 Å². The largest absolute Gasteiger partial charge is 0.497 e. The third-order valence-corrected chi connectivity index (χ3v) is 5.71. The fourth-order valence-corrected chi connectivity index (χ4v) is 4.15. The van der Waals surface area contributed by atoms with Gasteiger partial charge in [0.1, 0.15) is 5.75 Å². The first-order valence-electron chi connectivity index (χ1n) is 6.25. The number of halogens is 1. The summed E-state index contributed by atoms with van der Waals surface area (Å²) in [5, 5.41) is 0. The molecule has 112 valence electrons. The maximum Gasteiger partial charge on any atom is 0.184 e. The van der Waals surface area contributed by atoms with Crippen molar-refractivity contribution in [2.45, 2.75) is 17.6 Å². The van der Waals surface area contributed by atoms with E-state index in [9.17, 15) is 8.42 Å². The summed E-state index contributed by atoms with van der Waals surface area (Å²) >= 11 is 3.37. The zero-order chi connectivity index (χ0) is 15.6. The van der Waals surface area contributed by atoms with Gasteiger partial charge in [0.15, 0.2) is 9.84 Å². The fourth-order valence-electron chi connectivity index (χ4n) is 2.00. The third kappa shape index (κ3) is 3.39. The molecule has 0 aromatic heterocycles. The number of ether oxygens (including phenoxy) is 1. The number of anilines is 1. The van der Waals surface area contributed by atoms with E-state index >= 15 is 0 Å². The van der Waals surface area contributed by atoms with E-state index < -0.39 is 9.84 Å². The Kier molecular flexibility index (Phi) is 4.58. The second kappa shape index (κ2) is 6.07. The fraction of sp³-hybridized carbons (Fsp3) is 0.200. The molecule has 2 N–H and O–H groups in total. The maximum atomic E-state index is 12.6. The van der Waals surface area contributed by atoms with Crippen molar-refractivity contribution >= 4 is 31.5 Å². The monoisotopic (exact) mass is 369 g/mol. The van der Waals surface area contributed by atoms with Crippen molar-refractivity contribution in [2.75, 3.05) is 12.8 Å². The van der Waals surface area contributed by atoms with E-state index in [1.165, 1.54) is 6.07 Å².